The molecule has 1 aromatic rings. The molecule has 0 heterocycles. The van der Waals surface area contributed by atoms with E-state index in [2.05, 4.69) is 5.32 Å². The van der Waals surface area contributed by atoms with Crippen molar-refractivity contribution in [2.24, 2.45) is 5.73 Å². The Labute approximate surface area is 76.4 Å². The fourth-order valence-corrected chi connectivity index (χ4v) is 1.03. The van der Waals surface area contributed by atoms with Gasteiger partial charge in [-0.15, -0.1) is 0 Å². The predicted octanol–water partition coefficient (Wildman–Crippen LogP) is 0.211. The molecule has 0 aromatic heterocycles. The van der Waals surface area contributed by atoms with Crippen LogP contribution in [0.2, 0.25) is 0 Å². The van der Waals surface area contributed by atoms with Crippen molar-refractivity contribution in [2.75, 3.05) is 7.05 Å². The summed E-state index contributed by atoms with van der Waals surface area (Å²) in [5, 5.41) is 11.8. The van der Waals surface area contributed by atoms with Gasteiger partial charge >= 0.3 is 0 Å². The third-order valence-corrected chi connectivity index (χ3v) is 1.79. The van der Waals surface area contributed by atoms with Crippen molar-refractivity contribution in [3.05, 3.63) is 29.3 Å². The van der Waals surface area contributed by atoms with E-state index in [4.69, 9.17) is 5.73 Å². The van der Waals surface area contributed by atoms with Crippen LogP contribution < -0.4 is 11.1 Å². The second-order valence-electron chi connectivity index (χ2n) is 2.63. The maximum Gasteiger partial charge on any atom is 0.251 e. The van der Waals surface area contributed by atoms with Crippen LogP contribution in [0.3, 0.4) is 0 Å². The standard InChI is InChI=1S/C9H12N2O2/c1-11-9(13)6-2-3-8(12)7(4-6)5-10/h2-4,12H,5,10H2,1H3,(H,11,13). The monoisotopic (exact) mass is 180 g/mol. The van der Waals surface area contributed by atoms with E-state index in [1.54, 1.807) is 19.2 Å². The molecule has 4 heteroatoms. The van der Waals surface area contributed by atoms with Crippen molar-refractivity contribution in [2.45, 2.75) is 6.54 Å². The summed E-state index contributed by atoms with van der Waals surface area (Å²) in [5.74, 6) is -0.0650. The van der Waals surface area contributed by atoms with Crippen molar-refractivity contribution in [1.82, 2.24) is 5.32 Å². The molecule has 13 heavy (non-hydrogen) atoms. The number of carbonyl (C=O) groups is 1. The van der Waals surface area contributed by atoms with Crippen LogP contribution in [0.15, 0.2) is 18.2 Å². The summed E-state index contributed by atoms with van der Waals surface area (Å²) in [4.78, 5) is 11.2. The van der Waals surface area contributed by atoms with Crippen molar-refractivity contribution in [3.63, 3.8) is 0 Å². The predicted molar refractivity (Wildman–Crippen MR) is 49.4 cm³/mol. The van der Waals surface area contributed by atoms with Crippen LogP contribution in [0, 0.1) is 0 Å². The molecule has 0 aliphatic rings. The van der Waals surface area contributed by atoms with Crippen LogP contribution in [0.1, 0.15) is 15.9 Å². The highest BCUT2D eigenvalue weighted by atomic mass is 16.3. The lowest BCUT2D eigenvalue weighted by Gasteiger charge is -2.04. The summed E-state index contributed by atoms with van der Waals surface area (Å²) in [6, 6.07) is 4.59. The highest BCUT2D eigenvalue weighted by molar-refractivity contribution is 5.94. The normalized spacial score (nSPS) is 9.69. The maximum absolute atomic E-state index is 11.2. The zero-order chi connectivity index (χ0) is 9.84. The van der Waals surface area contributed by atoms with Gasteiger partial charge in [0, 0.05) is 24.7 Å². The lowest BCUT2D eigenvalue weighted by atomic mass is 10.1. The number of hydrogen-bond acceptors (Lipinski definition) is 3. The minimum atomic E-state index is -0.185. The third kappa shape index (κ3) is 1.97. The van der Waals surface area contributed by atoms with Crippen molar-refractivity contribution in [3.8, 4) is 5.75 Å². The average Bonchev–Trinajstić information content (AvgIpc) is 2.17. The Balaban J connectivity index is 3.06. The number of nitrogens with one attached hydrogen (secondary N) is 1. The van der Waals surface area contributed by atoms with Crippen LogP contribution >= 0.6 is 0 Å². The molecule has 1 rings (SSSR count). The van der Waals surface area contributed by atoms with Crippen LogP contribution in [0.5, 0.6) is 5.75 Å². The van der Waals surface area contributed by atoms with Crippen LogP contribution in [0.4, 0.5) is 0 Å². The molecule has 0 bridgehead atoms. The lowest BCUT2D eigenvalue weighted by molar-refractivity contribution is 0.0963. The molecule has 4 nitrogen and oxygen atoms in total. The molecule has 0 saturated heterocycles. The zero-order valence-electron chi connectivity index (χ0n) is 7.37. The summed E-state index contributed by atoms with van der Waals surface area (Å²) in [6.45, 7) is 0.219. The van der Waals surface area contributed by atoms with E-state index in [0.717, 1.165) is 0 Å². The number of nitrogens with two attached hydrogens (primary N) is 1. The second kappa shape index (κ2) is 3.91. The van der Waals surface area contributed by atoms with E-state index < -0.39 is 0 Å². The Morgan fingerprint density at radius 2 is 2.31 bits per heavy atom. The van der Waals surface area contributed by atoms with E-state index in [9.17, 15) is 9.90 Å². The molecule has 0 radical (unpaired) electrons. The first-order valence-electron chi connectivity index (χ1n) is 3.93. The number of hydrogen-bond donors (Lipinski definition) is 3. The SMILES string of the molecule is CNC(=O)c1ccc(O)c(CN)c1. The molecule has 0 fully saturated rings. The Morgan fingerprint density at radius 3 is 2.85 bits per heavy atom. The molecule has 0 saturated carbocycles. The smallest absolute Gasteiger partial charge is 0.251 e. The first-order chi connectivity index (χ1) is 6.19. The van der Waals surface area contributed by atoms with Gasteiger partial charge in [-0.3, -0.25) is 4.79 Å². The Kier molecular flexibility index (Phi) is 2.87. The van der Waals surface area contributed by atoms with Crippen LogP contribution in [-0.2, 0) is 6.54 Å². The van der Waals surface area contributed by atoms with Gasteiger partial charge in [0.2, 0.25) is 0 Å². The minimum Gasteiger partial charge on any atom is -0.508 e. The number of benzene rings is 1. The fourth-order valence-electron chi connectivity index (χ4n) is 1.03. The molecule has 0 spiro atoms. The molecule has 1 aromatic carbocycles. The lowest BCUT2D eigenvalue weighted by Crippen LogP contribution is -2.18. The van der Waals surface area contributed by atoms with Crippen LogP contribution in [-0.4, -0.2) is 18.1 Å². The zero-order valence-corrected chi connectivity index (χ0v) is 7.37. The van der Waals surface area contributed by atoms with E-state index in [0.29, 0.717) is 11.1 Å². The summed E-state index contributed by atoms with van der Waals surface area (Å²) in [7, 11) is 1.55. The van der Waals surface area contributed by atoms with E-state index in [-0.39, 0.29) is 18.2 Å². The number of amides is 1. The topological polar surface area (TPSA) is 75.3 Å². The van der Waals surface area contributed by atoms with Gasteiger partial charge in [0.1, 0.15) is 5.75 Å². The van der Waals surface area contributed by atoms with Crippen molar-refractivity contribution >= 4 is 5.91 Å². The van der Waals surface area contributed by atoms with Gasteiger partial charge in [-0.25, -0.2) is 0 Å². The number of rotatable bonds is 2. The van der Waals surface area contributed by atoms with Crippen LogP contribution in [0.25, 0.3) is 0 Å². The summed E-state index contributed by atoms with van der Waals surface area (Å²) >= 11 is 0. The maximum atomic E-state index is 11.2. The highest BCUT2D eigenvalue weighted by Gasteiger charge is 2.05. The number of carbonyl (C=O) groups excluding carboxylic acids is 1. The molecule has 70 valence electrons. The van der Waals surface area contributed by atoms with Crippen molar-refractivity contribution < 1.29 is 9.90 Å². The van der Waals surface area contributed by atoms with E-state index >= 15 is 0 Å². The Morgan fingerprint density at radius 1 is 1.62 bits per heavy atom. The second-order valence-corrected chi connectivity index (χ2v) is 2.63. The van der Waals surface area contributed by atoms with Gasteiger partial charge in [0.05, 0.1) is 0 Å². The summed E-state index contributed by atoms with van der Waals surface area (Å²) in [5.41, 5.74) is 6.44. The van der Waals surface area contributed by atoms with Gasteiger partial charge in [-0.1, -0.05) is 0 Å². The number of aromatic hydroxyl groups is 1. The molecular formula is C9H12N2O2. The molecule has 0 atom stereocenters. The van der Waals surface area contributed by atoms with Gasteiger partial charge in [-0.2, -0.15) is 0 Å². The van der Waals surface area contributed by atoms with Gasteiger partial charge < -0.3 is 16.2 Å². The molecule has 1 amide bonds. The van der Waals surface area contributed by atoms with E-state index in [1.807, 2.05) is 0 Å². The molecule has 4 N–H and O–H groups in total. The average molecular weight is 180 g/mol. The highest BCUT2D eigenvalue weighted by Crippen LogP contribution is 2.17. The summed E-state index contributed by atoms with van der Waals surface area (Å²) < 4.78 is 0. The Bertz CT molecular complexity index is 323. The first-order valence-corrected chi connectivity index (χ1v) is 3.93. The number of phenolic OH excluding ortho intramolecular Hbond substituents is 1. The largest absolute Gasteiger partial charge is 0.508 e. The molecule has 0 aliphatic carbocycles. The molecular weight excluding hydrogens is 168 g/mol. The first kappa shape index (κ1) is 9.54. The van der Waals surface area contributed by atoms with Crippen molar-refractivity contribution in [1.29, 1.82) is 0 Å². The third-order valence-electron chi connectivity index (χ3n) is 1.79. The van der Waals surface area contributed by atoms with E-state index in [1.165, 1.54) is 6.07 Å². The van der Waals surface area contributed by atoms with Gasteiger partial charge in [-0.05, 0) is 18.2 Å². The van der Waals surface area contributed by atoms with Gasteiger partial charge in [0.25, 0.3) is 5.91 Å². The molecule has 0 aliphatic heterocycles. The fraction of sp³-hybridized carbons (Fsp3) is 0.222. The van der Waals surface area contributed by atoms with Gasteiger partial charge in [0.15, 0.2) is 0 Å². The Hall–Kier alpha value is -1.55. The molecule has 0 unspecified atom stereocenters. The summed E-state index contributed by atoms with van der Waals surface area (Å²) in [6.07, 6.45) is 0. The quantitative estimate of drug-likeness (QED) is 0.609. The minimum absolute atomic E-state index is 0.121. The number of phenols is 1.